The first-order chi connectivity index (χ1) is 15.7. The number of carbonyl (C=O) groups excluding carboxylic acids is 2. The van der Waals surface area contributed by atoms with E-state index in [0.29, 0.717) is 34.2 Å². The predicted molar refractivity (Wildman–Crippen MR) is 135 cm³/mol. The Kier molecular flexibility index (Phi) is 7.09. The molecule has 0 fully saturated rings. The van der Waals surface area contributed by atoms with Crippen LogP contribution in [-0.2, 0) is 6.42 Å². The average molecular weight is 550 g/mol. The van der Waals surface area contributed by atoms with Crippen molar-refractivity contribution < 1.29 is 19.4 Å². The minimum Gasteiger partial charge on any atom is -0.493 e. The number of nitrogens with zero attached hydrogens (tertiary/aromatic N) is 1. The van der Waals surface area contributed by atoms with Gasteiger partial charge in [-0.25, -0.2) is 0 Å². The highest BCUT2D eigenvalue weighted by Gasteiger charge is 2.24. The Labute approximate surface area is 209 Å². The summed E-state index contributed by atoms with van der Waals surface area (Å²) in [5, 5.41) is 12.4. The molecule has 2 heterocycles. The second kappa shape index (κ2) is 9.85. The molecule has 6 nitrogen and oxygen atoms in total. The van der Waals surface area contributed by atoms with Crippen molar-refractivity contribution in [1.29, 1.82) is 0 Å². The molecule has 3 aromatic rings. The van der Waals surface area contributed by atoms with Crippen LogP contribution in [0.1, 0.15) is 32.5 Å². The number of thiophene rings is 1. The third-order valence-corrected chi connectivity index (χ3v) is 7.28. The summed E-state index contributed by atoms with van der Waals surface area (Å²) in [6.45, 7) is 2.26. The van der Waals surface area contributed by atoms with Crippen LogP contribution in [0.15, 0.2) is 46.9 Å². The first-order valence-electron chi connectivity index (χ1n) is 10.3. The molecule has 2 amide bonds. The van der Waals surface area contributed by atoms with Gasteiger partial charge in [-0.15, -0.1) is 11.3 Å². The van der Waals surface area contributed by atoms with E-state index in [2.05, 4.69) is 21.2 Å². The van der Waals surface area contributed by atoms with Crippen molar-refractivity contribution in [3.8, 4) is 16.2 Å². The van der Waals surface area contributed by atoms with E-state index < -0.39 is 6.10 Å². The maximum absolute atomic E-state index is 13.4. The minimum atomic E-state index is -0.657. The zero-order chi connectivity index (χ0) is 23.7. The van der Waals surface area contributed by atoms with Crippen molar-refractivity contribution >= 4 is 56.4 Å². The van der Waals surface area contributed by atoms with E-state index in [1.54, 1.807) is 32.2 Å². The molecule has 1 atom stereocenters. The van der Waals surface area contributed by atoms with Gasteiger partial charge in [-0.3, -0.25) is 9.59 Å². The van der Waals surface area contributed by atoms with Crippen molar-refractivity contribution in [1.82, 2.24) is 5.32 Å². The number of aliphatic hydroxyl groups is 1. The molecule has 1 aliphatic heterocycles. The van der Waals surface area contributed by atoms with Crippen LogP contribution >= 0.6 is 38.9 Å². The van der Waals surface area contributed by atoms with Gasteiger partial charge in [0.15, 0.2) is 0 Å². The van der Waals surface area contributed by atoms with Crippen LogP contribution in [0.25, 0.3) is 10.4 Å². The molecule has 172 valence electrons. The van der Waals surface area contributed by atoms with E-state index in [9.17, 15) is 14.7 Å². The summed E-state index contributed by atoms with van der Waals surface area (Å²) in [5.74, 6) is 0.229. The molecule has 1 aromatic heterocycles. The second-order valence-electron chi connectivity index (χ2n) is 7.79. The average Bonchev–Trinajstić information content (AvgIpc) is 3.13. The number of fused-ring (bicyclic) bond motifs is 3. The number of halogens is 2. The normalized spacial score (nSPS) is 13.2. The first kappa shape index (κ1) is 23.8. The fourth-order valence-electron chi connectivity index (χ4n) is 3.55. The van der Waals surface area contributed by atoms with Crippen LogP contribution in [0.3, 0.4) is 0 Å². The number of rotatable bonds is 5. The summed E-state index contributed by atoms with van der Waals surface area (Å²) in [6, 6.07) is 12.6. The fourth-order valence-corrected chi connectivity index (χ4v) is 5.35. The summed E-state index contributed by atoms with van der Waals surface area (Å²) in [4.78, 5) is 28.8. The first-order valence-corrected chi connectivity index (χ1v) is 12.3. The van der Waals surface area contributed by atoms with Gasteiger partial charge < -0.3 is 20.1 Å². The van der Waals surface area contributed by atoms with Crippen LogP contribution in [0.5, 0.6) is 5.75 Å². The number of benzene rings is 2. The maximum atomic E-state index is 13.4. The van der Waals surface area contributed by atoms with Crippen molar-refractivity contribution in [2.75, 3.05) is 25.1 Å². The van der Waals surface area contributed by atoms with Crippen molar-refractivity contribution in [3.63, 3.8) is 0 Å². The van der Waals surface area contributed by atoms with Gasteiger partial charge in [0.2, 0.25) is 0 Å². The lowest BCUT2D eigenvalue weighted by Gasteiger charge is -2.19. The molecule has 2 N–H and O–H groups in total. The third-order valence-electron chi connectivity index (χ3n) is 5.27. The Hall–Kier alpha value is -2.39. The molecule has 33 heavy (non-hydrogen) atoms. The molecular formula is C24H22BrClN2O4S. The Balaban J connectivity index is 1.62. The number of nitrogens with one attached hydrogen (secondary N) is 1. The molecule has 0 radical (unpaired) electrons. The molecule has 0 bridgehead atoms. The highest BCUT2D eigenvalue weighted by Crippen LogP contribution is 2.42. The quantitative estimate of drug-likeness (QED) is 0.461. The molecule has 0 unspecified atom stereocenters. The maximum Gasteiger partial charge on any atom is 0.268 e. The van der Waals surface area contributed by atoms with Crippen molar-refractivity contribution in [2.45, 2.75) is 19.4 Å². The number of anilines is 1. The number of hydrogen-bond donors (Lipinski definition) is 2. The fraction of sp³-hybridized carbons (Fsp3) is 0.250. The second-order valence-corrected chi connectivity index (χ2v) is 10.2. The SMILES string of the molecule is C[C@@H](O)CNC(=O)c1ccc(Cl)c(N(C)C(=O)c2cc3c(s2)-c2ccc(Br)cc2OCC3)c1. The Bertz CT molecular complexity index is 1230. The molecule has 0 aliphatic carbocycles. The highest BCUT2D eigenvalue weighted by molar-refractivity contribution is 9.10. The minimum absolute atomic E-state index is 0.133. The highest BCUT2D eigenvalue weighted by atomic mass is 79.9. The standard InChI is InChI=1S/C24H22BrClN2O4S/c1-13(29)12-27-23(30)15-3-6-18(26)19(9-15)28(2)24(31)21-10-14-7-8-32-20-11-16(25)4-5-17(20)22(14)33-21/h3-6,9-11,13,29H,7-8,12H2,1-2H3,(H,27,30)/t13-/m1/s1. The van der Waals surface area contributed by atoms with Crippen LogP contribution in [0.4, 0.5) is 5.69 Å². The van der Waals surface area contributed by atoms with E-state index >= 15 is 0 Å². The van der Waals surface area contributed by atoms with E-state index in [-0.39, 0.29) is 18.4 Å². The lowest BCUT2D eigenvalue weighted by Crippen LogP contribution is -2.31. The van der Waals surface area contributed by atoms with Crippen LogP contribution in [0, 0.1) is 0 Å². The van der Waals surface area contributed by atoms with Gasteiger partial charge in [0.25, 0.3) is 11.8 Å². The van der Waals surface area contributed by atoms with Crippen LogP contribution in [-0.4, -0.2) is 43.2 Å². The molecule has 0 saturated carbocycles. The molecule has 0 saturated heterocycles. The van der Waals surface area contributed by atoms with E-state index in [0.717, 1.165) is 26.2 Å². The zero-order valence-electron chi connectivity index (χ0n) is 18.0. The van der Waals surface area contributed by atoms with E-state index in [4.69, 9.17) is 16.3 Å². The van der Waals surface area contributed by atoms with Crippen LogP contribution < -0.4 is 15.0 Å². The van der Waals surface area contributed by atoms with Gasteiger partial charge >= 0.3 is 0 Å². The summed E-state index contributed by atoms with van der Waals surface area (Å²) in [6.07, 6.45) is 0.0464. The molecule has 0 spiro atoms. The molecular weight excluding hydrogens is 528 g/mol. The van der Waals surface area contributed by atoms with Gasteiger partial charge in [0.05, 0.1) is 28.3 Å². The number of carbonyl (C=O) groups is 2. The number of aliphatic hydroxyl groups excluding tert-OH is 1. The Morgan fingerprint density at radius 3 is 2.82 bits per heavy atom. The van der Waals surface area contributed by atoms with Crippen molar-refractivity contribution in [2.24, 2.45) is 0 Å². The molecule has 4 rings (SSSR count). The number of ether oxygens (including phenoxy) is 1. The monoisotopic (exact) mass is 548 g/mol. The number of amides is 2. The third kappa shape index (κ3) is 5.09. The molecule has 1 aliphatic rings. The summed E-state index contributed by atoms with van der Waals surface area (Å²) >= 11 is 11.3. The Morgan fingerprint density at radius 1 is 1.27 bits per heavy atom. The summed E-state index contributed by atoms with van der Waals surface area (Å²) < 4.78 is 6.82. The van der Waals surface area contributed by atoms with Gasteiger partial charge in [-0.05, 0) is 55.0 Å². The van der Waals surface area contributed by atoms with Gasteiger partial charge in [-0.2, -0.15) is 0 Å². The Morgan fingerprint density at radius 2 is 2.06 bits per heavy atom. The van der Waals surface area contributed by atoms with E-state index in [1.165, 1.54) is 16.2 Å². The topological polar surface area (TPSA) is 78.9 Å². The van der Waals surface area contributed by atoms with Crippen LogP contribution in [0.2, 0.25) is 5.02 Å². The van der Waals surface area contributed by atoms with Crippen molar-refractivity contribution in [3.05, 3.63) is 68.0 Å². The number of hydrogen-bond acceptors (Lipinski definition) is 5. The molecule has 9 heteroatoms. The summed E-state index contributed by atoms with van der Waals surface area (Å²) in [5.41, 5.74) is 2.82. The van der Waals surface area contributed by atoms with E-state index in [1.807, 2.05) is 24.3 Å². The predicted octanol–water partition coefficient (Wildman–Crippen LogP) is 5.15. The zero-order valence-corrected chi connectivity index (χ0v) is 21.2. The van der Waals surface area contributed by atoms with Gasteiger partial charge in [0.1, 0.15) is 5.75 Å². The smallest absolute Gasteiger partial charge is 0.268 e. The summed E-state index contributed by atoms with van der Waals surface area (Å²) in [7, 11) is 1.64. The largest absolute Gasteiger partial charge is 0.493 e. The lowest BCUT2D eigenvalue weighted by molar-refractivity contribution is 0.0923. The molecule has 2 aromatic carbocycles. The lowest BCUT2D eigenvalue weighted by atomic mass is 10.1. The van der Waals surface area contributed by atoms with Gasteiger partial charge in [0, 0.05) is 40.5 Å². The van der Waals surface area contributed by atoms with Gasteiger partial charge in [-0.1, -0.05) is 27.5 Å².